The highest BCUT2D eigenvalue weighted by Crippen LogP contribution is 2.27. The Bertz CT molecular complexity index is 181. The highest BCUT2D eigenvalue weighted by molar-refractivity contribution is 4.70. The third kappa shape index (κ3) is 7.02. The van der Waals surface area contributed by atoms with Gasteiger partial charge in [-0.15, -0.1) is 0 Å². The summed E-state index contributed by atoms with van der Waals surface area (Å²) in [5.74, 6) is 0.955. The molecule has 1 aliphatic rings. The number of aliphatic hydroxyl groups excluding tert-OH is 1. The van der Waals surface area contributed by atoms with E-state index in [0.29, 0.717) is 19.2 Å². The van der Waals surface area contributed by atoms with Crippen LogP contribution in [0.4, 0.5) is 0 Å². The summed E-state index contributed by atoms with van der Waals surface area (Å²) in [6.45, 7) is 3.27. The molecule has 2 atom stereocenters. The van der Waals surface area contributed by atoms with Crippen LogP contribution in [0, 0.1) is 5.92 Å². The largest absolute Gasteiger partial charge is 0.389 e. The van der Waals surface area contributed by atoms with Crippen LogP contribution >= 0.6 is 0 Å². The van der Waals surface area contributed by atoms with Gasteiger partial charge in [0.2, 0.25) is 0 Å². The molecule has 0 spiro atoms. The monoisotopic (exact) mass is 243 g/mol. The summed E-state index contributed by atoms with van der Waals surface area (Å²) in [7, 11) is 1.62. The standard InChI is InChI=1S/C14H29NO2/c1-12(15-10-14(16)11-17-2)8-9-13-6-4-3-5-7-13/h12-16H,3-11H2,1-2H3. The Kier molecular flexibility index (Phi) is 7.82. The Morgan fingerprint density at radius 3 is 2.65 bits per heavy atom. The number of aliphatic hydroxyl groups is 1. The Labute approximate surface area is 106 Å². The molecule has 0 saturated heterocycles. The normalized spacial score (nSPS) is 21.4. The molecule has 17 heavy (non-hydrogen) atoms. The molecule has 0 radical (unpaired) electrons. The maximum absolute atomic E-state index is 9.53. The second-order valence-corrected chi connectivity index (χ2v) is 5.50. The lowest BCUT2D eigenvalue weighted by Crippen LogP contribution is -2.36. The van der Waals surface area contributed by atoms with Gasteiger partial charge in [-0.05, 0) is 25.7 Å². The molecule has 0 aromatic heterocycles. The quantitative estimate of drug-likeness (QED) is 0.687. The van der Waals surface area contributed by atoms with Crippen LogP contribution in [0.3, 0.4) is 0 Å². The molecule has 0 amide bonds. The van der Waals surface area contributed by atoms with Crippen molar-refractivity contribution in [1.82, 2.24) is 5.32 Å². The number of hydrogen-bond acceptors (Lipinski definition) is 3. The minimum absolute atomic E-state index is 0.378. The summed E-state index contributed by atoms with van der Waals surface area (Å²) in [4.78, 5) is 0. The highest BCUT2D eigenvalue weighted by Gasteiger charge is 2.14. The van der Waals surface area contributed by atoms with Gasteiger partial charge in [0.15, 0.2) is 0 Å². The Balaban J connectivity index is 2.01. The fourth-order valence-electron chi connectivity index (χ4n) is 2.65. The van der Waals surface area contributed by atoms with E-state index in [-0.39, 0.29) is 6.10 Å². The summed E-state index contributed by atoms with van der Waals surface area (Å²) in [6.07, 6.45) is 9.35. The van der Waals surface area contributed by atoms with Crippen molar-refractivity contribution in [3.8, 4) is 0 Å². The van der Waals surface area contributed by atoms with Crippen LogP contribution in [0.25, 0.3) is 0 Å². The zero-order valence-corrected chi connectivity index (χ0v) is 11.5. The van der Waals surface area contributed by atoms with Crippen LogP contribution in [0.2, 0.25) is 0 Å². The van der Waals surface area contributed by atoms with E-state index in [0.717, 1.165) is 5.92 Å². The summed E-state index contributed by atoms with van der Waals surface area (Å²) >= 11 is 0. The van der Waals surface area contributed by atoms with Gasteiger partial charge in [-0.1, -0.05) is 32.1 Å². The lowest BCUT2D eigenvalue weighted by molar-refractivity contribution is 0.0627. The summed E-state index contributed by atoms with van der Waals surface area (Å²) in [5, 5.41) is 12.9. The molecule has 2 unspecified atom stereocenters. The van der Waals surface area contributed by atoms with Gasteiger partial charge >= 0.3 is 0 Å². The summed E-state index contributed by atoms with van der Waals surface area (Å²) < 4.78 is 4.90. The third-order valence-corrected chi connectivity index (χ3v) is 3.79. The lowest BCUT2D eigenvalue weighted by Gasteiger charge is -2.23. The highest BCUT2D eigenvalue weighted by atomic mass is 16.5. The average molecular weight is 243 g/mol. The minimum atomic E-state index is -0.378. The average Bonchev–Trinajstić information content (AvgIpc) is 2.35. The van der Waals surface area contributed by atoms with Crippen LogP contribution in [-0.2, 0) is 4.74 Å². The van der Waals surface area contributed by atoms with Gasteiger partial charge in [0, 0.05) is 19.7 Å². The van der Waals surface area contributed by atoms with Crippen molar-refractivity contribution in [2.24, 2.45) is 5.92 Å². The Morgan fingerprint density at radius 2 is 2.00 bits per heavy atom. The van der Waals surface area contributed by atoms with Gasteiger partial charge in [0.1, 0.15) is 0 Å². The topological polar surface area (TPSA) is 41.5 Å². The van der Waals surface area contributed by atoms with Gasteiger partial charge in [-0.25, -0.2) is 0 Å². The molecule has 1 fully saturated rings. The van der Waals surface area contributed by atoms with Crippen molar-refractivity contribution >= 4 is 0 Å². The van der Waals surface area contributed by atoms with Crippen molar-refractivity contribution in [3.63, 3.8) is 0 Å². The second kappa shape index (κ2) is 8.90. The van der Waals surface area contributed by atoms with Crippen LogP contribution in [0.1, 0.15) is 51.9 Å². The molecular formula is C14H29NO2. The maximum Gasteiger partial charge on any atom is 0.0897 e. The van der Waals surface area contributed by atoms with E-state index in [4.69, 9.17) is 4.74 Å². The van der Waals surface area contributed by atoms with E-state index in [1.54, 1.807) is 7.11 Å². The summed E-state index contributed by atoms with van der Waals surface area (Å²) in [6, 6.07) is 0.503. The Morgan fingerprint density at radius 1 is 1.29 bits per heavy atom. The van der Waals surface area contributed by atoms with E-state index in [2.05, 4.69) is 12.2 Å². The van der Waals surface area contributed by atoms with Crippen molar-refractivity contribution in [3.05, 3.63) is 0 Å². The van der Waals surface area contributed by atoms with Crippen molar-refractivity contribution in [2.45, 2.75) is 64.0 Å². The van der Waals surface area contributed by atoms with Crippen molar-refractivity contribution in [2.75, 3.05) is 20.3 Å². The molecule has 1 aliphatic carbocycles. The van der Waals surface area contributed by atoms with Crippen molar-refractivity contribution < 1.29 is 9.84 Å². The zero-order valence-electron chi connectivity index (χ0n) is 11.5. The van der Waals surface area contributed by atoms with E-state index < -0.39 is 0 Å². The fourth-order valence-corrected chi connectivity index (χ4v) is 2.65. The minimum Gasteiger partial charge on any atom is -0.389 e. The van der Waals surface area contributed by atoms with Crippen molar-refractivity contribution in [1.29, 1.82) is 0 Å². The van der Waals surface area contributed by atoms with E-state index in [1.165, 1.54) is 44.9 Å². The number of methoxy groups -OCH3 is 1. The predicted molar refractivity (Wildman–Crippen MR) is 71.2 cm³/mol. The van der Waals surface area contributed by atoms with Gasteiger partial charge < -0.3 is 15.2 Å². The van der Waals surface area contributed by atoms with E-state index >= 15 is 0 Å². The molecular weight excluding hydrogens is 214 g/mol. The van der Waals surface area contributed by atoms with Crippen LogP contribution in [-0.4, -0.2) is 37.5 Å². The second-order valence-electron chi connectivity index (χ2n) is 5.50. The van der Waals surface area contributed by atoms with Crippen LogP contribution < -0.4 is 5.32 Å². The molecule has 0 bridgehead atoms. The number of ether oxygens (including phenoxy) is 1. The molecule has 3 nitrogen and oxygen atoms in total. The Hall–Kier alpha value is -0.120. The molecule has 0 aromatic rings. The molecule has 3 heteroatoms. The summed E-state index contributed by atoms with van der Waals surface area (Å²) in [5.41, 5.74) is 0. The van der Waals surface area contributed by atoms with Crippen LogP contribution in [0.5, 0.6) is 0 Å². The fraction of sp³-hybridized carbons (Fsp3) is 1.00. The molecule has 0 heterocycles. The zero-order chi connectivity index (χ0) is 12.5. The van der Waals surface area contributed by atoms with Gasteiger partial charge in [0.25, 0.3) is 0 Å². The van der Waals surface area contributed by atoms with Gasteiger partial charge in [0.05, 0.1) is 12.7 Å². The van der Waals surface area contributed by atoms with E-state index in [9.17, 15) is 5.11 Å². The molecule has 102 valence electrons. The smallest absolute Gasteiger partial charge is 0.0897 e. The number of rotatable bonds is 8. The molecule has 0 aliphatic heterocycles. The molecule has 0 aromatic carbocycles. The van der Waals surface area contributed by atoms with Crippen LogP contribution in [0.15, 0.2) is 0 Å². The first-order chi connectivity index (χ1) is 8.22. The first-order valence-electron chi connectivity index (χ1n) is 7.12. The SMILES string of the molecule is COCC(O)CNC(C)CCC1CCCCC1. The molecule has 1 saturated carbocycles. The maximum atomic E-state index is 9.53. The first-order valence-corrected chi connectivity index (χ1v) is 7.12. The van der Waals surface area contributed by atoms with Gasteiger partial charge in [-0.3, -0.25) is 0 Å². The number of nitrogens with one attached hydrogen (secondary N) is 1. The lowest BCUT2D eigenvalue weighted by atomic mass is 9.85. The molecule has 2 N–H and O–H groups in total. The number of hydrogen-bond donors (Lipinski definition) is 2. The van der Waals surface area contributed by atoms with E-state index in [1.807, 2.05) is 0 Å². The van der Waals surface area contributed by atoms with Gasteiger partial charge in [-0.2, -0.15) is 0 Å². The molecule has 1 rings (SSSR count). The third-order valence-electron chi connectivity index (χ3n) is 3.79. The predicted octanol–water partition coefficient (Wildman–Crippen LogP) is 2.33. The first kappa shape index (κ1) is 14.9.